The lowest BCUT2D eigenvalue weighted by molar-refractivity contribution is -0.144. The van der Waals surface area contributed by atoms with Gasteiger partial charge in [0.1, 0.15) is 17.1 Å². The van der Waals surface area contributed by atoms with Crippen LogP contribution in [-0.2, 0) is 4.79 Å². The maximum absolute atomic E-state index is 16.8. The Balaban J connectivity index is 1.07. The van der Waals surface area contributed by atoms with E-state index < -0.39 is 23.4 Å². The number of nitrogens with zero attached hydrogens (tertiary/aromatic N) is 4. The molecule has 4 atom stereocenters. The van der Waals surface area contributed by atoms with Crippen molar-refractivity contribution >= 4 is 33.5 Å². The second kappa shape index (κ2) is 11.4. The summed E-state index contributed by atoms with van der Waals surface area (Å²) in [6.07, 6.45) is 7.43. The first-order valence-corrected chi connectivity index (χ1v) is 17.4. The van der Waals surface area contributed by atoms with Crippen LogP contribution in [0.15, 0.2) is 36.4 Å². The number of phenolic OH excluding ortho intramolecular Hbond substituents is 1. The van der Waals surface area contributed by atoms with E-state index in [-0.39, 0.29) is 62.6 Å². The largest absolute Gasteiger partial charge is 0.508 e. The van der Waals surface area contributed by atoms with Gasteiger partial charge in [-0.15, -0.1) is 0 Å². The Morgan fingerprint density at radius 2 is 1.67 bits per heavy atom. The number of aromatic nitrogens is 2. The maximum Gasteiger partial charge on any atom is 0.319 e. The summed E-state index contributed by atoms with van der Waals surface area (Å²) in [6, 6.07) is 9.31. The van der Waals surface area contributed by atoms with E-state index >= 15 is 8.78 Å². The van der Waals surface area contributed by atoms with Crippen molar-refractivity contribution in [1.82, 2.24) is 20.2 Å². The van der Waals surface area contributed by atoms with Gasteiger partial charge in [0.2, 0.25) is 0 Å². The Kier molecular flexibility index (Phi) is 7.21. The molecule has 5 heterocycles. The molecule has 0 spiro atoms. The second-order valence-electron chi connectivity index (χ2n) is 15.0. The lowest BCUT2D eigenvalue weighted by Gasteiger charge is -2.39. The molecule has 0 radical (unpaired) electrons. The quantitative estimate of drug-likeness (QED) is 0.208. The molecule has 1 aromatic heterocycles. The van der Waals surface area contributed by atoms with E-state index in [1.165, 1.54) is 24.3 Å². The summed E-state index contributed by atoms with van der Waals surface area (Å²) < 4.78 is 52.8. The van der Waals surface area contributed by atoms with Gasteiger partial charge in [-0.1, -0.05) is 12.1 Å². The van der Waals surface area contributed by atoms with E-state index in [4.69, 9.17) is 9.72 Å². The minimum absolute atomic E-state index is 0.00955. The summed E-state index contributed by atoms with van der Waals surface area (Å²) in [5.41, 5.74) is -0.0954. The molecule has 4 aliphatic heterocycles. The summed E-state index contributed by atoms with van der Waals surface area (Å²) in [5.74, 6) is -3.54. The molecule has 49 heavy (non-hydrogen) atoms. The summed E-state index contributed by atoms with van der Waals surface area (Å²) in [6.45, 7) is 2.58. The number of phenols is 1. The van der Waals surface area contributed by atoms with Crippen LogP contribution in [0.4, 0.5) is 19.0 Å². The minimum atomic E-state index is -1.12. The fourth-order valence-electron chi connectivity index (χ4n) is 9.07. The number of carboxylic acids is 1. The van der Waals surface area contributed by atoms with E-state index in [1.54, 1.807) is 6.07 Å². The smallest absolute Gasteiger partial charge is 0.319 e. The van der Waals surface area contributed by atoms with Gasteiger partial charge in [-0.3, -0.25) is 9.69 Å². The van der Waals surface area contributed by atoms with Gasteiger partial charge in [-0.25, -0.2) is 13.2 Å². The number of benzene rings is 3. The molecule has 9 nitrogen and oxygen atoms in total. The molecule has 4 saturated heterocycles. The lowest BCUT2D eigenvalue weighted by atomic mass is 9.89. The minimum Gasteiger partial charge on any atom is -0.508 e. The predicted octanol–water partition coefficient (Wildman–Crippen LogP) is 6.00. The summed E-state index contributed by atoms with van der Waals surface area (Å²) >= 11 is 0. The average Bonchev–Trinajstić information content (AvgIpc) is 3.72. The van der Waals surface area contributed by atoms with Crippen LogP contribution in [0.3, 0.4) is 0 Å². The van der Waals surface area contributed by atoms with E-state index in [0.29, 0.717) is 55.8 Å². The van der Waals surface area contributed by atoms with E-state index in [0.717, 1.165) is 51.1 Å². The first-order chi connectivity index (χ1) is 23.6. The first-order valence-electron chi connectivity index (χ1n) is 17.4. The van der Waals surface area contributed by atoms with Crippen LogP contribution in [0, 0.1) is 28.8 Å². The average molecular weight is 674 g/mol. The fourth-order valence-corrected chi connectivity index (χ4v) is 9.07. The molecule has 5 fully saturated rings. The number of piperidine rings is 1. The zero-order valence-electron chi connectivity index (χ0n) is 27.0. The van der Waals surface area contributed by atoms with Crippen LogP contribution in [0.1, 0.15) is 51.4 Å². The molecule has 1 aliphatic carbocycles. The van der Waals surface area contributed by atoms with Gasteiger partial charge in [0.05, 0.1) is 12.5 Å². The Bertz CT molecular complexity index is 1980. The number of anilines is 1. The number of carboxylic acid groups (broad SMARTS) is 1. The third-order valence-corrected chi connectivity index (χ3v) is 11.8. The van der Waals surface area contributed by atoms with Crippen molar-refractivity contribution in [2.24, 2.45) is 11.3 Å². The van der Waals surface area contributed by atoms with Crippen molar-refractivity contribution in [3.8, 4) is 22.9 Å². The number of hydrogen-bond acceptors (Lipinski definition) is 8. The van der Waals surface area contributed by atoms with Crippen LogP contribution < -0.4 is 15.0 Å². The molecule has 5 aliphatic rings. The van der Waals surface area contributed by atoms with E-state index in [9.17, 15) is 19.4 Å². The topological polar surface area (TPSA) is 111 Å². The van der Waals surface area contributed by atoms with Crippen molar-refractivity contribution < 1.29 is 32.9 Å². The molecule has 4 unspecified atom stereocenters. The van der Waals surface area contributed by atoms with E-state index in [1.807, 2.05) is 0 Å². The number of nitrogens with one attached hydrogen (secondary N) is 1. The monoisotopic (exact) mass is 673 g/mol. The zero-order valence-corrected chi connectivity index (χ0v) is 27.0. The number of hydrogen-bond donors (Lipinski definition) is 3. The lowest BCUT2D eigenvalue weighted by Crippen LogP contribution is -2.51. The van der Waals surface area contributed by atoms with Crippen molar-refractivity contribution in [2.75, 3.05) is 31.1 Å². The van der Waals surface area contributed by atoms with Crippen LogP contribution in [0.25, 0.3) is 32.8 Å². The highest BCUT2D eigenvalue weighted by Crippen LogP contribution is 2.50. The molecular formula is C37H38F3N5O4. The van der Waals surface area contributed by atoms with Crippen LogP contribution in [0.2, 0.25) is 0 Å². The predicted molar refractivity (Wildman–Crippen MR) is 177 cm³/mol. The molecule has 9 rings (SSSR count). The van der Waals surface area contributed by atoms with Crippen molar-refractivity contribution in [2.45, 2.75) is 75.5 Å². The SMILES string of the molecule is O=C(O)C1CC2CCC(C1)N2CC1(COc2nc(N3CC4CCC(C3)N4)c3ccc(-c4cc(O)cc5ccc(F)c(F)c45)c(F)c3n2)CC1. The van der Waals surface area contributed by atoms with Gasteiger partial charge in [0.15, 0.2) is 17.5 Å². The zero-order chi connectivity index (χ0) is 33.6. The molecule has 1 saturated carbocycles. The van der Waals surface area contributed by atoms with Crippen molar-refractivity contribution in [1.29, 1.82) is 0 Å². The van der Waals surface area contributed by atoms with Crippen LogP contribution >= 0.6 is 0 Å². The summed E-state index contributed by atoms with van der Waals surface area (Å²) in [7, 11) is 0. The molecule has 4 aromatic rings. The standard InChI is InChI=1S/C37H38F3N5O4/c38-29-8-1-19-13-25(46)14-28(30(19)32(29)40)26-6-7-27-33(31(26)39)42-36(43-34(27)44-15-21-2-3-22(16-44)41-21)49-18-37(9-10-37)17-45-23-4-5-24(45)12-20(11-23)35(47)48/h1,6-8,13-14,20-24,41,46H,2-5,9-12,15-18H2,(H,47,48). The number of aliphatic carboxylic acids is 1. The maximum atomic E-state index is 16.8. The summed E-state index contributed by atoms with van der Waals surface area (Å²) in [4.78, 5) is 25.8. The number of ether oxygens (including phenoxy) is 1. The Hall–Kier alpha value is -4.16. The number of halogens is 3. The second-order valence-corrected chi connectivity index (χ2v) is 15.0. The molecular weight excluding hydrogens is 635 g/mol. The highest BCUT2D eigenvalue weighted by molar-refractivity contribution is 6.01. The summed E-state index contributed by atoms with van der Waals surface area (Å²) in [5, 5.41) is 24.3. The van der Waals surface area contributed by atoms with Crippen LogP contribution in [-0.4, -0.2) is 81.5 Å². The third kappa shape index (κ3) is 5.34. The highest BCUT2D eigenvalue weighted by Gasteiger charge is 2.51. The molecule has 3 aromatic carbocycles. The van der Waals surface area contributed by atoms with Crippen molar-refractivity contribution in [3.63, 3.8) is 0 Å². The van der Waals surface area contributed by atoms with Crippen LogP contribution in [0.5, 0.6) is 11.8 Å². The Labute approximate surface area is 281 Å². The first kappa shape index (κ1) is 30.9. The van der Waals surface area contributed by atoms with Gasteiger partial charge < -0.3 is 25.2 Å². The highest BCUT2D eigenvalue weighted by atomic mass is 19.2. The number of carbonyl (C=O) groups is 1. The van der Waals surface area contributed by atoms with Gasteiger partial charge >= 0.3 is 12.0 Å². The number of fused-ring (bicyclic) bond motifs is 6. The molecule has 4 bridgehead atoms. The van der Waals surface area contributed by atoms with Gasteiger partial charge in [-0.05, 0) is 86.6 Å². The third-order valence-electron chi connectivity index (χ3n) is 11.8. The number of rotatable bonds is 8. The molecule has 0 amide bonds. The van der Waals surface area contributed by atoms with Gasteiger partial charge in [0.25, 0.3) is 0 Å². The number of aromatic hydroxyl groups is 1. The van der Waals surface area contributed by atoms with Gasteiger partial charge in [0, 0.05) is 65.6 Å². The number of piperazine rings is 1. The Morgan fingerprint density at radius 1 is 0.939 bits per heavy atom. The van der Waals surface area contributed by atoms with Gasteiger partial charge in [-0.2, -0.15) is 9.97 Å². The molecule has 256 valence electrons. The fraction of sp³-hybridized carbons (Fsp3) is 0.486. The van der Waals surface area contributed by atoms with Crippen molar-refractivity contribution in [3.05, 3.63) is 53.8 Å². The molecule has 12 heteroatoms. The van der Waals surface area contributed by atoms with E-state index in [2.05, 4.69) is 20.1 Å². The Morgan fingerprint density at radius 3 is 2.37 bits per heavy atom. The molecule has 3 N–H and O–H groups in total. The normalized spacial score (nSPS) is 27.2.